The van der Waals surface area contributed by atoms with E-state index in [-0.39, 0.29) is 37.6 Å². The molecule has 1 fully saturated rings. The van der Waals surface area contributed by atoms with Crippen LogP contribution < -0.4 is 20.4 Å². The highest BCUT2D eigenvalue weighted by atomic mass is 16.5. The Morgan fingerprint density at radius 1 is 1.05 bits per heavy atom. The minimum absolute atomic E-state index is 0.0685. The van der Waals surface area contributed by atoms with Crippen LogP contribution in [0.2, 0.25) is 0 Å². The first-order chi connectivity index (χ1) is 21.4. The number of hydrogen-bond acceptors (Lipinski definition) is 8. The lowest BCUT2D eigenvalue weighted by atomic mass is 9.70. The molecule has 0 spiro atoms. The molecule has 3 aromatic carbocycles. The summed E-state index contributed by atoms with van der Waals surface area (Å²) in [5.74, 6) is -0.821. The van der Waals surface area contributed by atoms with Crippen molar-refractivity contribution < 1.29 is 33.7 Å². The Hall–Kier alpha value is -4.67. The third-order valence-electron chi connectivity index (χ3n) is 8.61. The van der Waals surface area contributed by atoms with Crippen molar-refractivity contribution in [1.29, 1.82) is 0 Å². The SMILES string of the molecule is COc1cccc(CCN(C(=O)c2cc3ccccc3oc2=O)[C@@H]2CC(C(=O)NCCO)[C@@H]3c4ccccc4O[C@@H]3[C@H]2O)c1. The highest BCUT2D eigenvalue weighted by Gasteiger charge is 2.54. The maximum atomic E-state index is 14.3. The van der Waals surface area contributed by atoms with Gasteiger partial charge in [0.2, 0.25) is 5.91 Å². The minimum Gasteiger partial charge on any atom is -0.497 e. The van der Waals surface area contributed by atoms with Crippen molar-refractivity contribution in [2.75, 3.05) is 26.8 Å². The number of carbonyl (C=O) groups excluding carboxylic acids is 2. The Kier molecular flexibility index (Phi) is 8.36. The zero-order chi connectivity index (χ0) is 30.8. The van der Waals surface area contributed by atoms with E-state index in [9.17, 15) is 24.6 Å². The average molecular weight is 599 g/mol. The lowest BCUT2D eigenvalue weighted by Gasteiger charge is -2.45. The second kappa shape index (κ2) is 12.5. The van der Waals surface area contributed by atoms with Gasteiger partial charge in [-0.25, -0.2) is 4.79 Å². The average Bonchev–Trinajstić information content (AvgIpc) is 3.44. The summed E-state index contributed by atoms with van der Waals surface area (Å²) in [7, 11) is 1.57. The number of fused-ring (bicyclic) bond motifs is 4. The van der Waals surface area contributed by atoms with Crippen molar-refractivity contribution in [2.24, 2.45) is 5.92 Å². The van der Waals surface area contributed by atoms with E-state index in [0.717, 1.165) is 11.1 Å². The molecule has 2 amide bonds. The Morgan fingerprint density at radius 3 is 2.66 bits per heavy atom. The van der Waals surface area contributed by atoms with Crippen LogP contribution in [0.25, 0.3) is 11.0 Å². The molecule has 0 bridgehead atoms. The summed E-state index contributed by atoms with van der Waals surface area (Å²) in [5.41, 5.74) is 1.10. The van der Waals surface area contributed by atoms with Gasteiger partial charge in [-0.1, -0.05) is 48.5 Å². The number of carbonyl (C=O) groups is 2. The highest BCUT2D eigenvalue weighted by molar-refractivity contribution is 5.97. The van der Waals surface area contributed by atoms with Gasteiger partial charge in [0.25, 0.3) is 5.91 Å². The molecule has 0 saturated heterocycles. The van der Waals surface area contributed by atoms with E-state index >= 15 is 0 Å². The fourth-order valence-corrected chi connectivity index (χ4v) is 6.51. The van der Waals surface area contributed by atoms with Crippen LogP contribution in [0, 0.1) is 5.92 Å². The monoisotopic (exact) mass is 598 g/mol. The minimum atomic E-state index is -1.17. The number of para-hydroxylation sites is 2. The zero-order valence-corrected chi connectivity index (χ0v) is 24.2. The molecule has 1 aliphatic carbocycles. The van der Waals surface area contributed by atoms with Crippen molar-refractivity contribution in [3.8, 4) is 11.5 Å². The van der Waals surface area contributed by atoms with Gasteiger partial charge in [0, 0.05) is 30.0 Å². The molecule has 44 heavy (non-hydrogen) atoms. The van der Waals surface area contributed by atoms with Crippen LogP contribution in [0.1, 0.15) is 33.8 Å². The predicted molar refractivity (Wildman–Crippen MR) is 162 cm³/mol. The summed E-state index contributed by atoms with van der Waals surface area (Å²) < 4.78 is 17.1. The lowest BCUT2D eigenvalue weighted by molar-refractivity contribution is -0.132. The number of amides is 2. The van der Waals surface area contributed by atoms with Gasteiger partial charge in [-0.2, -0.15) is 0 Å². The summed E-state index contributed by atoms with van der Waals surface area (Å²) in [6.45, 7) is -0.0248. The first-order valence-corrected chi connectivity index (χ1v) is 14.7. The molecular formula is C34H34N2O8. The topological polar surface area (TPSA) is 139 Å². The third-order valence-corrected chi connectivity index (χ3v) is 8.61. The Labute approximate surface area is 253 Å². The van der Waals surface area contributed by atoms with Crippen LogP contribution in [0.4, 0.5) is 0 Å². The van der Waals surface area contributed by atoms with E-state index in [4.69, 9.17) is 13.9 Å². The number of ether oxygens (including phenoxy) is 2. The Balaban J connectivity index is 1.40. The molecule has 1 unspecified atom stereocenters. The number of nitrogens with one attached hydrogen (secondary N) is 1. The van der Waals surface area contributed by atoms with Gasteiger partial charge in [0.05, 0.1) is 25.7 Å². The molecule has 6 rings (SSSR count). The predicted octanol–water partition coefficient (Wildman–Crippen LogP) is 2.89. The summed E-state index contributed by atoms with van der Waals surface area (Å²) in [6.07, 6.45) is -1.48. The first kappa shape index (κ1) is 29.4. The molecule has 1 aliphatic heterocycles. The molecule has 3 N–H and O–H groups in total. The number of rotatable bonds is 9. The maximum absolute atomic E-state index is 14.3. The number of methoxy groups -OCH3 is 1. The summed E-state index contributed by atoms with van der Waals surface area (Å²) >= 11 is 0. The lowest BCUT2D eigenvalue weighted by Crippen LogP contribution is -2.60. The van der Waals surface area contributed by atoms with Crippen molar-refractivity contribution in [2.45, 2.75) is 37.0 Å². The van der Waals surface area contributed by atoms with Gasteiger partial charge in [0.15, 0.2) is 0 Å². The second-order valence-electron chi connectivity index (χ2n) is 11.1. The van der Waals surface area contributed by atoms with Crippen molar-refractivity contribution in [1.82, 2.24) is 10.2 Å². The molecule has 10 nitrogen and oxygen atoms in total. The van der Waals surface area contributed by atoms with Gasteiger partial charge in [-0.05, 0) is 48.7 Å². The fraction of sp³-hybridized carbons (Fsp3) is 0.324. The maximum Gasteiger partial charge on any atom is 0.349 e. The van der Waals surface area contributed by atoms with E-state index in [2.05, 4.69) is 5.32 Å². The van der Waals surface area contributed by atoms with E-state index < -0.39 is 41.6 Å². The van der Waals surface area contributed by atoms with Gasteiger partial charge in [-0.3, -0.25) is 9.59 Å². The normalized spacial score (nSPS) is 22.0. The number of aliphatic hydroxyl groups is 2. The van der Waals surface area contributed by atoms with Crippen LogP contribution in [-0.4, -0.2) is 72.0 Å². The molecule has 0 radical (unpaired) electrons. The molecule has 1 saturated carbocycles. The Morgan fingerprint density at radius 2 is 1.84 bits per heavy atom. The van der Waals surface area contributed by atoms with E-state index in [0.29, 0.717) is 28.9 Å². The molecule has 5 atom stereocenters. The molecule has 4 aromatic rings. The largest absolute Gasteiger partial charge is 0.497 e. The molecule has 2 aliphatic rings. The molecule has 1 aromatic heterocycles. The quantitative estimate of drug-likeness (QED) is 0.250. The van der Waals surface area contributed by atoms with Crippen LogP contribution in [-0.2, 0) is 11.2 Å². The second-order valence-corrected chi connectivity index (χ2v) is 11.1. The van der Waals surface area contributed by atoms with Crippen LogP contribution in [0.5, 0.6) is 11.5 Å². The van der Waals surface area contributed by atoms with Crippen molar-refractivity contribution in [3.63, 3.8) is 0 Å². The van der Waals surface area contributed by atoms with Crippen LogP contribution in [0.3, 0.4) is 0 Å². The van der Waals surface area contributed by atoms with E-state index in [1.165, 1.54) is 11.0 Å². The molecule has 10 heteroatoms. The molecule has 2 heterocycles. The summed E-state index contributed by atoms with van der Waals surface area (Å²) in [4.78, 5) is 42.4. The van der Waals surface area contributed by atoms with E-state index in [1.54, 1.807) is 37.4 Å². The summed E-state index contributed by atoms with van der Waals surface area (Å²) in [6, 6.07) is 22.4. The van der Waals surface area contributed by atoms with Crippen LogP contribution >= 0.6 is 0 Å². The fourth-order valence-electron chi connectivity index (χ4n) is 6.51. The van der Waals surface area contributed by atoms with Crippen molar-refractivity contribution >= 4 is 22.8 Å². The van der Waals surface area contributed by atoms with E-state index in [1.807, 2.05) is 42.5 Å². The number of nitrogens with zero attached hydrogens (tertiary/aromatic N) is 1. The number of hydrogen-bond donors (Lipinski definition) is 3. The zero-order valence-electron chi connectivity index (χ0n) is 24.2. The standard InChI is InChI=1S/C34H34N2O8/c1-42-22-9-6-7-20(17-22)13-15-36(33(40)25-18-21-8-2-4-11-27(21)44-34(25)41)26-19-24(32(39)35-14-16-37)29-23-10-3-5-12-28(23)43-31(29)30(26)38/h2-12,17-18,24,26,29-31,37-38H,13-16,19H2,1H3,(H,35,39)/t24?,26-,29+,30+,31+/m1/s1. The van der Waals surface area contributed by atoms with Crippen molar-refractivity contribution in [3.05, 3.63) is 106 Å². The van der Waals surface area contributed by atoms with Gasteiger partial charge in [-0.15, -0.1) is 0 Å². The Bertz CT molecular complexity index is 1740. The highest BCUT2D eigenvalue weighted by Crippen LogP contribution is 2.49. The van der Waals surface area contributed by atoms with Gasteiger partial charge < -0.3 is 34.3 Å². The van der Waals surface area contributed by atoms with Gasteiger partial charge in [0.1, 0.15) is 34.9 Å². The molecule has 228 valence electrons. The summed E-state index contributed by atoms with van der Waals surface area (Å²) in [5, 5.41) is 24.6. The number of aliphatic hydroxyl groups excluding tert-OH is 2. The first-order valence-electron chi connectivity index (χ1n) is 14.7. The van der Waals surface area contributed by atoms with Gasteiger partial charge >= 0.3 is 5.63 Å². The number of benzene rings is 3. The third kappa shape index (κ3) is 5.54. The van der Waals surface area contributed by atoms with Crippen LogP contribution in [0.15, 0.2) is 88.1 Å². The smallest absolute Gasteiger partial charge is 0.349 e. The molecular weight excluding hydrogens is 564 g/mol.